The molecule has 2 rings (SSSR count). The smallest absolute Gasteiger partial charge is 0.338 e. The van der Waals surface area contributed by atoms with Crippen LogP contribution in [0.25, 0.3) is 0 Å². The quantitative estimate of drug-likeness (QED) is 0.560. The van der Waals surface area contributed by atoms with Crippen molar-refractivity contribution in [2.75, 3.05) is 27.3 Å². The van der Waals surface area contributed by atoms with Gasteiger partial charge in [-0.2, -0.15) is 4.31 Å². The van der Waals surface area contributed by atoms with Gasteiger partial charge in [0, 0.05) is 20.1 Å². The zero-order chi connectivity index (χ0) is 23.0. The molecule has 0 aliphatic heterocycles. The molecule has 0 spiro atoms. The minimum absolute atomic E-state index is 0.00384. The highest BCUT2D eigenvalue weighted by Gasteiger charge is 2.27. The van der Waals surface area contributed by atoms with E-state index in [2.05, 4.69) is 5.32 Å². The third-order valence-electron chi connectivity index (χ3n) is 4.38. The summed E-state index contributed by atoms with van der Waals surface area (Å²) in [4.78, 5) is 24.0. The predicted octanol–water partition coefficient (Wildman–Crippen LogP) is 2.44. The van der Waals surface area contributed by atoms with Gasteiger partial charge in [-0.05, 0) is 29.7 Å². The average Bonchev–Trinajstić information content (AvgIpc) is 2.76. The predicted molar refractivity (Wildman–Crippen MR) is 116 cm³/mol. The lowest BCUT2D eigenvalue weighted by Crippen LogP contribution is -2.31. The van der Waals surface area contributed by atoms with Crippen LogP contribution in [0, 0.1) is 5.92 Å². The van der Waals surface area contributed by atoms with Crippen LogP contribution in [0.1, 0.15) is 29.8 Å². The number of sulfonamides is 1. The van der Waals surface area contributed by atoms with E-state index in [0.29, 0.717) is 6.54 Å². The number of ether oxygens (including phenoxy) is 2. The van der Waals surface area contributed by atoms with Gasteiger partial charge in [-0.25, -0.2) is 13.2 Å². The molecule has 9 heteroatoms. The number of carbonyl (C=O) groups is 2. The first-order valence-corrected chi connectivity index (χ1v) is 11.2. The van der Waals surface area contributed by atoms with Crippen LogP contribution in [0.5, 0.6) is 5.75 Å². The topological polar surface area (TPSA) is 102 Å². The monoisotopic (exact) mass is 448 g/mol. The van der Waals surface area contributed by atoms with E-state index in [4.69, 9.17) is 9.47 Å². The highest BCUT2D eigenvalue weighted by molar-refractivity contribution is 7.89. The number of nitrogens with one attached hydrogen (secondary N) is 1. The minimum Gasteiger partial charge on any atom is -0.495 e. The van der Waals surface area contributed by atoms with E-state index in [1.165, 1.54) is 36.7 Å². The molecule has 0 aromatic heterocycles. The molecule has 0 saturated heterocycles. The average molecular weight is 449 g/mol. The molecular formula is C22H28N2O6S. The number of methoxy groups -OCH3 is 1. The highest BCUT2D eigenvalue weighted by Crippen LogP contribution is 2.28. The fourth-order valence-corrected chi connectivity index (χ4v) is 4.02. The summed E-state index contributed by atoms with van der Waals surface area (Å²) in [5.41, 5.74) is 0.819. The number of esters is 1. The fourth-order valence-electron chi connectivity index (χ4n) is 2.68. The third kappa shape index (κ3) is 6.80. The van der Waals surface area contributed by atoms with E-state index >= 15 is 0 Å². The van der Waals surface area contributed by atoms with Crippen molar-refractivity contribution in [3.63, 3.8) is 0 Å². The molecule has 0 fully saturated rings. The molecule has 31 heavy (non-hydrogen) atoms. The third-order valence-corrected chi connectivity index (χ3v) is 6.20. The Kier molecular flexibility index (Phi) is 8.58. The van der Waals surface area contributed by atoms with Crippen LogP contribution < -0.4 is 10.1 Å². The number of carbonyl (C=O) groups excluding carboxylic acids is 2. The molecule has 1 N–H and O–H groups in total. The first-order valence-electron chi connectivity index (χ1n) is 9.77. The van der Waals surface area contributed by atoms with E-state index in [0.717, 1.165) is 5.56 Å². The van der Waals surface area contributed by atoms with Crippen molar-refractivity contribution in [3.8, 4) is 5.75 Å². The summed E-state index contributed by atoms with van der Waals surface area (Å²) >= 11 is 0. The zero-order valence-electron chi connectivity index (χ0n) is 18.1. The molecule has 1 amide bonds. The largest absolute Gasteiger partial charge is 0.495 e. The van der Waals surface area contributed by atoms with Crippen molar-refractivity contribution >= 4 is 21.9 Å². The van der Waals surface area contributed by atoms with E-state index in [9.17, 15) is 18.0 Å². The van der Waals surface area contributed by atoms with E-state index in [1.54, 1.807) is 0 Å². The van der Waals surface area contributed by atoms with Crippen molar-refractivity contribution < 1.29 is 27.5 Å². The normalized spacial score (nSPS) is 11.4. The molecule has 0 atom stereocenters. The number of nitrogens with zero attached hydrogens (tertiary/aromatic N) is 1. The Morgan fingerprint density at radius 2 is 1.77 bits per heavy atom. The Hall–Kier alpha value is -2.91. The first kappa shape index (κ1) is 24.4. The van der Waals surface area contributed by atoms with Gasteiger partial charge in [-0.3, -0.25) is 4.79 Å². The second kappa shape index (κ2) is 10.9. The molecule has 0 radical (unpaired) electrons. The van der Waals surface area contributed by atoms with Crippen molar-refractivity contribution in [2.24, 2.45) is 5.92 Å². The van der Waals surface area contributed by atoms with Crippen molar-refractivity contribution in [2.45, 2.75) is 25.3 Å². The number of hydrogen-bond acceptors (Lipinski definition) is 6. The van der Waals surface area contributed by atoms with Gasteiger partial charge in [-0.1, -0.05) is 44.2 Å². The van der Waals surface area contributed by atoms with Crippen LogP contribution in [0.3, 0.4) is 0 Å². The molecule has 0 unspecified atom stereocenters. The van der Waals surface area contributed by atoms with Gasteiger partial charge < -0.3 is 14.8 Å². The van der Waals surface area contributed by atoms with Gasteiger partial charge in [0.05, 0.1) is 12.7 Å². The van der Waals surface area contributed by atoms with Gasteiger partial charge in [0.15, 0.2) is 6.61 Å². The number of rotatable bonds is 10. The van der Waals surface area contributed by atoms with Gasteiger partial charge in [-0.15, -0.1) is 0 Å². The van der Waals surface area contributed by atoms with Crippen LogP contribution in [-0.2, 0) is 26.1 Å². The Balaban J connectivity index is 2.19. The van der Waals surface area contributed by atoms with Gasteiger partial charge in [0.25, 0.3) is 5.91 Å². The summed E-state index contributed by atoms with van der Waals surface area (Å²) < 4.78 is 37.7. The molecule has 0 saturated carbocycles. The maximum atomic E-state index is 13.1. The fraction of sp³-hybridized carbons (Fsp3) is 0.364. The maximum absolute atomic E-state index is 13.1. The molecule has 168 valence electrons. The summed E-state index contributed by atoms with van der Waals surface area (Å²) in [7, 11) is -1.16. The molecule has 0 bridgehead atoms. The highest BCUT2D eigenvalue weighted by atomic mass is 32.2. The van der Waals surface area contributed by atoms with E-state index in [-0.39, 0.29) is 28.7 Å². The Morgan fingerprint density at radius 1 is 1.10 bits per heavy atom. The Labute approximate surface area is 183 Å². The Morgan fingerprint density at radius 3 is 2.39 bits per heavy atom. The molecular weight excluding hydrogens is 420 g/mol. The van der Waals surface area contributed by atoms with Crippen LogP contribution in [0.4, 0.5) is 0 Å². The molecule has 8 nitrogen and oxygen atoms in total. The lowest BCUT2D eigenvalue weighted by Gasteiger charge is -2.19. The van der Waals surface area contributed by atoms with Crippen molar-refractivity contribution in [1.82, 2.24) is 9.62 Å². The SMILES string of the molecule is COc1ccc(C(=O)OCC(=O)NCC(C)C)cc1S(=O)(=O)N(C)Cc1ccccc1. The van der Waals surface area contributed by atoms with E-state index < -0.39 is 28.5 Å². The Bertz CT molecular complexity index is 1010. The minimum atomic E-state index is -3.96. The standard InChI is InChI=1S/C22H28N2O6S/c1-16(2)13-23-21(25)15-30-22(26)18-10-11-19(29-4)20(12-18)31(27,28)24(3)14-17-8-6-5-7-9-17/h5-12,16H,13-15H2,1-4H3,(H,23,25). The number of amides is 1. The maximum Gasteiger partial charge on any atom is 0.338 e. The summed E-state index contributed by atoms with van der Waals surface area (Å²) in [6.07, 6.45) is 0. The lowest BCUT2D eigenvalue weighted by atomic mass is 10.2. The van der Waals surface area contributed by atoms with Crippen LogP contribution in [0.2, 0.25) is 0 Å². The second-order valence-electron chi connectivity index (χ2n) is 7.39. The van der Waals surface area contributed by atoms with Gasteiger partial charge in [0.1, 0.15) is 10.6 Å². The summed E-state index contributed by atoms with van der Waals surface area (Å²) in [5, 5.41) is 2.64. The van der Waals surface area contributed by atoms with Crippen LogP contribution in [-0.4, -0.2) is 51.9 Å². The molecule has 2 aromatic carbocycles. The molecule has 0 aliphatic carbocycles. The van der Waals surface area contributed by atoms with Crippen LogP contribution in [0.15, 0.2) is 53.4 Å². The van der Waals surface area contributed by atoms with Crippen LogP contribution >= 0.6 is 0 Å². The molecule has 0 aliphatic rings. The summed E-state index contributed by atoms with van der Waals surface area (Å²) in [6.45, 7) is 4.06. The van der Waals surface area contributed by atoms with E-state index in [1.807, 2.05) is 44.2 Å². The molecule has 2 aromatic rings. The second-order valence-corrected chi connectivity index (χ2v) is 9.40. The molecule has 0 heterocycles. The summed E-state index contributed by atoms with van der Waals surface area (Å²) in [6, 6.07) is 13.1. The number of hydrogen-bond donors (Lipinski definition) is 1. The zero-order valence-corrected chi connectivity index (χ0v) is 18.9. The van der Waals surface area contributed by atoms with Gasteiger partial charge in [0.2, 0.25) is 10.0 Å². The van der Waals surface area contributed by atoms with Crippen molar-refractivity contribution in [1.29, 1.82) is 0 Å². The van der Waals surface area contributed by atoms with Crippen molar-refractivity contribution in [3.05, 3.63) is 59.7 Å². The van der Waals surface area contributed by atoms with Gasteiger partial charge >= 0.3 is 5.97 Å². The number of benzene rings is 2. The first-order chi connectivity index (χ1) is 14.6. The lowest BCUT2D eigenvalue weighted by molar-refractivity contribution is -0.124. The summed E-state index contributed by atoms with van der Waals surface area (Å²) in [5.74, 6) is -0.858.